The summed E-state index contributed by atoms with van der Waals surface area (Å²) in [4.78, 5) is 23.1. The minimum atomic E-state index is -1.05. The number of furan rings is 1. The molecule has 0 saturated carbocycles. The van der Waals surface area contributed by atoms with Crippen molar-refractivity contribution in [1.29, 1.82) is 0 Å². The molecule has 0 unspecified atom stereocenters. The van der Waals surface area contributed by atoms with Gasteiger partial charge in [-0.05, 0) is 18.2 Å². The monoisotopic (exact) mass is 256 g/mol. The molecule has 0 radical (unpaired) electrons. The summed E-state index contributed by atoms with van der Waals surface area (Å²) in [7, 11) is 0. The Kier molecular flexibility index (Phi) is 3.93. The van der Waals surface area contributed by atoms with Crippen molar-refractivity contribution in [2.24, 2.45) is 0 Å². The smallest absolute Gasteiger partial charge is 0.307 e. The molecule has 0 saturated heterocycles. The van der Waals surface area contributed by atoms with Crippen molar-refractivity contribution < 1.29 is 19.1 Å². The van der Waals surface area contributed by atoms with E-state index >= 15 is 0 Å². The van der Waals surface area contributed by atoms with Crippen molar-refractivity contribution in [2.45, 2.75) is 6.42 Å². The molecule has 1 heterocycles. The number of hydrogen-bond acceptors (Lipinski definition) is 3. The fraction of sp³-hybridized carbons (Fsp3) is 0.0667. The van der Waals surface area contributed by atoms with Crippen molar-refractivity contribution in [3.8, 4) is 0 Å². The molecule has 0 fully saturated rings. The van der Waals surface area contributed by atoms with Crippen molar-refractivity contribution in [3.63, 3.8) is 0 Å². The number of ketones is 1. The summed E-state index contributed by atoms with van der Waals surface area (Å²) in [5.74, 6) is -0.901. The maximum Gasteiger partial charge on any atom is 0.307 e. The van der Waals surface area contributed by atoms with E-state index in [9.17, 15) is 9.59 Å². The average molecular weight is 256 g/mol. The zero-order valence-electron chi connectivity index (χ0n) is 10.1. The van der Waals surface area contributed by atoms with Crippen LogP contribution in [0.15, 0.2) is 58.7 Å². The van der Waals surface area contributed by atoms with E-state index in [4.69, 9.17) is 9.52 Å². The van der Waals surface area contributed by atoms with Gasteiger partial charge in [-0.3, -0.25) is 9.59 Å². The number of carbonyl (C=O) groups excluding carboxylic acids is 1. The maximum absolute atomic E-state index is 12.2. The summed E-state index contributed by atoms with van der Waals surface area (Å²) in [6, 6.07) is 11.9. The lowest BCUT2D eigenvalue weighted by molar-refractivity contribution is -0.136. The number of hydrogen-bond donors (Lipinski definition) is 1. The van der Waals surface area contributed by atoms with Gasteiger partial charge in [-0.15, -0.1) is 0 Å². The topological polar surface area (TPSA) is 67.5 Å². The molecule has 19 heavy (non-hydrogen) atoms. The lowest BCUT2D eigenvalue weighted by Crippen LogP contribution is -2.08. The summed E-state index contributed by atoms with van der Waals surface area (Å²) < 4.78 is 5.11. The Morgan fingerprint density at radius 2 is 1.84 bits per heavy atom. The van der Waals surface area contributed by atoms with Gasteiger partial charge >= 0.3 is 5.97 Å². The first-order valence-corrected chi connectivity index (χ1v) is 5.72. The lowest BCUT2D eigenvalue weighted by atomic mass is 10.00. The molecule has 0 atom stereocenters. The highest BCUT2D eigenvalue weighted by Gasteiger charge is 2.15. The van der Waals surface area contributed by atoms with Gasteiger partial charge in [0, 0.05) is 11.1 Å². The Morgan fingerprint density at radius 1 is 1.11 bits per heavy atom. The molecule has 4 heteroatoms. The van der Waals surface area contributed by atoms with E-state index in [-0.39, 0.29) is 17.8 Å². The molecule has 1 aromatic carbocycles. The molecule has 96 valence electrons. The van der Waals surface area contributed by atoms with E-state index < -0.39 is 5.97 Å². The average Bonchev–Trinajstić information content (AvgIpc) is 2.90. The molecule has 0 aliphatic rings. The molecule has 0 aliphatic heterocycles. The summed E-state index contributed by atoms with van der Waals surface area (Å²) in [6.07, 6.45) is 2.59. The fourth-order valence-electron chi connectivity index (χ4n) is 1.68. The molecule has 4 nitrogen and oxygen atoms in total. The number of rotatable bonds is 5. The fourth-order valence-corrected chi connectivity index (χ4v) is 1.68. The maximum atomic E-state index is 12.2. The van der Waals surface area contributed by atoms with Gasteiger partial charge in [-0.2, -0.15) is 0 Å². The highest BCUT2D eigenvalue weighted by Crippen LogP contribution is 2.16. The molecule has 1 aromatic heterocycles. The van der Waals surface area contributed by atoms with E-state index in [1.807, 2.05) is 0 Å². The predicted molar refractivity (Wildman–Crippen MR) is 69.7 cm³/mol. The number of Topliss-reactive ketones (excluding diaryl/α,β-unsaturated/α-hetero) is 1. The van der Waals surface area contributed by atoms with Crippen LogP contribution in [0.4, 0.5) is 0 Å². The minimum absolute atomic E-state index is 0.189. The summed E-state index contributed by atoms with van der Waals surface area (Å²) in [5, 5.41) is 8.88. The van der Waals surface area contributed by atoms with Crippen LogP contribution in [0.2, 0.25) is 0 Å². The third-order valence-electron chi connectivity index (χ3n) is 2.53. The molecule has 2 aromatic rings. The van der Waals surface area contributed by atoms with Gasteiger partial charge in [0.25, 0.3) is 0 Å². The van der Waals surface area contributed by atoms with Crippen molar-refractivity contribution in [1.82, 2.24) is 0 Å². The summed E-state index contributed by atoms with van der Waals surface area (Å²) in [6.45, 7) is 0. The van der Waals surface area contributed by atoms with Gasteiger partial charge in [-0.1, -0.05) is 30.3 Å². The first-order chi connectivity index (χ1) is 9.16. The number of carboxylic acids is 1. The van der Waals surface area contributed by atoms with Gasteiger partial charge in [0.1, 0.15) is 5.76 Å². The molecule has 0 bridgehead atoms. The second kappa shape index (κ2) is 5.82. The number of carboxylic acid groups (broad SMARTS) is 1. The van der Waals surface area contributed by atoms with E-state index in [0.29, 0.717) is 11.3 Å². The van der Waals surface area contributed by atoms with Crippen LogP contribution >= 0.6 is 0 Å². The Bertz CT molecular complexity index is 594. The quantitative estimate of drug-likeness (QED) is 0.659. The van der Waals surface area contributed by atoms with Crippen molar-refractivity contribution in [3.05, 3.63) is 65.6 Å². The zero-order chi connectivity index (χ0) is 13.7. The van der Waals surface area contributed by atoms with Crippen LogP contribution in [0.25, 0.3) is 6.08 Å². The largest absolute Gasteiger partial charge is 0.481 e. The second-order valence-electron chi connectivity index (χ2n) is 3.95. The van der Waals surface area contributed by atoms with Gasteiger partial charge in [-0.25, -0.2) is 0 Å². The first kappa shape index (κ1) is 12.8. The van der Waals surface area contributed by atoms with Crippen LogP contribution in [0.3, 0.4) is 0 Å². The standard InChI is InChI=1S/C15H12O4/c16-14(17)10-12(9-13-7-4-8-19-13)15(18)11-5-2-1-3-6-11/h1-9H,10H2,(H,16,17)/b12-9+. The van der Waals surface area contributed by atoms with Crippen molar-refractivity contribution >= 4 is 17.8 Å². The van der Waals surface area contributed by atoms with E-state index in [1.165, 1.54) is 12.3 Å². The van der Waals surface area contributed by atoms with E-state index in [0.717, 1.165) is 0 Å². The highest BCUT2D eigenvalue weighted by atomic mass is 16.4. The molecular weight excluding hydrogens is 244 g/mol. The van der Waals surface area contributed by atoms with Crippen LogP contribution in [-0.4, -0.2) is 16.9 Å². The minimum Gasteiger partial charge on any atom is -0.481 e. The lowest BCUT2D eigenvalue weighted by Gasteiger charge is -2.03. The highest BCUT2D eigenvalue weighted by molar-refractivity contribution is 6.13. The van der Waals surface area contributed by atoms with Crippen LogP contribution in [0.1, 0.15) is 22.5 Å². The Labute approximate surface area is 110 Å². The van der Waals surface area contributed by atoms with Crippen LogP contribution in [0.5, 0.6) is 0 Å². The van der Waals surface area contributed by atoms with Gasteiger partial charge in [0.05, 0.1) is 12.7 Å². The predicted octanol–water partition coefficient (Wildman–Crippen LogP) is 3.02. The zero-order valence-corrected chi connectivity index (χ0v) is 10.1. The molecule has 2 rings (SSSR count). The van der Waals surface area contributed by atoms with Crippen LogP contribution < -0.4 is 0 Å². The molecular formula is C15H12O4. The van der Waals surface area contributed by atoms with E-state index in [2.05, 4.69) is 0 Å². The van der Waals surface area contributed by atoms with Gasteiger partial charge in [0.2, 0.25) is 0 Å². The molecule has 1 N–H and O–H groups in total. The van der Waals surface area contributed by atoms with Crippen molar-refractivity contribution in [2.75, 3.05) is 0 Å². The van der Waals surface area contributed by atoms with Gasteiger partial charge in [0.15, 0.2) is 5.78 Å². The third kappa shape index (κ3) is 3.42. The Balaban J connectivity index is 2.33. The van der Waals surface area contributed by atoms with Crippen LogP contribution in [0, 0.1) is 0 Å². The summed E-state index contributed by atoms with van der Waals surface area (Å²) in [5.41, 5.74) is 0.648. The number of aliphatic carboxylic acids is 1. The van der Waals surface area contributed by atoms with E-state index in [1.54, 1.807) is 42.5 Å². The number of carbonyl (C=O) groups is 2. The number of benzene rings is 1. The Hall–Kier alpha value is -2.62. The molecule has 0 spiro atoms. The third-order valence-corrected chi connectivity index (χ3v) is 2.53. The first-order valence-electron chi connectivity index (χ1n) is 5.72. The van der Waals surface area contributed by atoms with Crippen LogP contribution in [-0.2, 0) is 4.79 Å². The molecule has 0 aliphatic carbocycles. The summed E-state index contributed by atoms with van der Waals surface area (Å²) >= 11 is 0. The normalized spacial score (nSPS) is 11.3. The Morgan fingerprint density at radius 3 is 2.42 bits per heavy atom. The second-order valence-corrected chi connectivity index (χ2v) is 3.95. The SMILES string of the molecule is O=C(O)C/C(=C\c1ccco1)C(=O)c1ccccc1. The molecule has 0 amide bonds. The van der Waals surface area contributed by atoms with Gasteiger partial charge < -0.3 is 9.52 Å².